The van der Waals surface area contributed by atoms with Gasteiger partial charge in [0.1, 0.15) is 0 Å². The van der Waals surface area contributed by atoms with Crippen molar-refractivity contribution in [3.63, 3.8) is 0 Å². The molecule has 0 aliphatic carbocycles. The van der Waals surface area contributed by atoms with E-state index in [1.165, 1.54) is 12.8 Å². The standard InChI is InChI=1S/C17H25F2N3O3S/c1-13-5-9-22(10-6-13)11-8-20-17(23)4-7-21-26(24,25)14-2-3-15(18)16(19)12-14/h2-3,12-13,21H,4-11H2,1H3,(H,20,23). The van der Waals surface area contributed by atoms with Crippen molar-refractivity contribution in [2.45, 2.75) is 31.1 Å². The molecule has 1 aliphatic heterocycles. The normalized spacial score (nSPS) is 16.6. The van der Waals surface area contributed by atoms with Crippen LogP contribution in [-0.4, -0.2) is 51.9 Å². The fraction of sp³-hybridized carbons (Fsp3) is 0.588. The van der Waals surface area contributed by atoms with Crippen LogP contribution in [0.4, 0.5) is 8.78 Å². The zero-order valence-electron chi connectivity index (χ0n) is 14.8. The summed E-state index contributed by atoms with van der Waals surface area (Å²) in [6, 6.07) is 2.33. The summed E-state index contributed by atoms with van der Waals surface area (Å²) in [5, 5.41) is 2.76. The number of hydrogen-bond acceptors (Lipinski definition) is 4. The molecule has 2 rings (SSSR count). The zero-order valence-corrected chi connectivity index (χ0v) is 15.6. The molecule has 0 spiro atoms. The van der Waals surface area contributed by atoms with Gasteiger partial charge in [0.15, 0.2) is 11.6 Å². The number of piperidine rings is 1. The van der Waals surface area contributed by atoms with Crippen LogP contribution in [0.2, 0.25) is 0 Å². The number of carbonyl (C=O) groups excluding carboxylic acids is 1. The first kappa shape index (κ1) is 20.7. The SMILES string of the molecule is CC1CCN(CCNC(=O)CCNS(=O)(=O)c2ccc(F)c(F)c2)CC1. The Bertz CT molecular complexity index is 720. The lowest BCUT2D eigenvalue weighted by atomic mass is 9.99. The first-order chi connectivity index (χ1) is 12.3. The van der Waals surface area contributed by atoms with Crippen LogP contribution in [0.5, 0.6) is 0 Å². The number of likely N-dealkylation sites (tertiary alicyclic amines) is 1. The Morgan fingerprint density at radius 1 is 1.19 bits per heavy atom. The highest BCUT2D eigenvalue weighted by Crippen LogP contribution is 2.15. The van der Waals surface area contributed by atoms with Crippen molar-refractivity contribution in [2.24, 2.45) is 5.92 Å². The van der Waals surface area contributed by atoms with Gasteiger partial charge < -0.3 is 10.2 Å². The second-order valence-corrected chi connectivity index (χ2v) is 8.36. The average Bonchev–Trinajstić information content (AvgIpc) is 2.59. The van der Waals surface area contributed by atoms with Crippen LogP contribution < -0.4 is 10.0 Å². The minimum absolute atomic E-state index is 0.0278. The van der Waals surface area contributed by atoms with Gasteiger partial charge in [-0.15, -0.1) is 0 Å². The van der Waals surface area contributed by atoms with Gasteiger partial charge in [0.05, 0.1) is 4.90 Å². The van der Waals surface area contributed by atoms with Crippen molar-refractivity contribution in [2.75, 3.05) is 32.7 Å². The summed E-state index contributed by atoms with van der Waals surface area (Å²) in [5.41, 5.74) is 0. The van der Waals surface area contributed by atoms with Crippen molar-refractivity contribution in [3.05, 3.63) is 29.8 Å². The number of nitrogens with zero attached hydrogens (tertiary/aromatic N) is 1. The third-order valence-electron chi connectivity index (χ3n) is 4.47. The Hall–Kier alpha value is -1.58. The smallest absolute Gasteiger partial charge is 0.240 e. The predicted molar refractivity (Wildman–Crippen MR) is 94.0 cm³/mol. The van der Waals surface area contributed by atoms with Crippen molar-refractivity contribution in [1.82, 2.24) is 14.9 Å². The molecule has 0 radical (unpaired) electrons. The van der Waals surface area contributed by atoms with E-state index in [0.29, 0.717) is 12.6 Å². The van der Waals surface area contributed by atoms with Crippen LogP contribution in [-0.2, 0) is 14.8 Å². The number of sulfonamides is 1. The number of carbonyl (C=O) groups is 1. The van der Waals surface area contributed by atoms with Crippen LogP contribution in [0.15, 0.2) is 23.1 Å². The van der Waals surface area contributed by atoms with E-state index in [1.54, 1.807) is 0 Å². The molecular weight excluding hydrogens is 364 g/mol. The fourth-order valence-corrected chi connectivity index (χ4v) is 3.80. The molecule has 1 amide bonds. The Morgan fingerprint density at radius 3 is 2.54 bits per heavy atom. The molecule has 1 heterocycles. The summed E-state index contributed by atoms with van der Waals surface area (Å²) in [6.07, 6.45) is 2.30. The number of nitrogens with one attached hydrogen (secondary N) is 2. The van der Waals surface area contributed by atoms with Gasteiger partial charge in [-0.1, -0.05) is 6.92 Å². The van der Waals surface area contributed by atoms with Crippen LogP contribution >= 0.6 is 0 Å². The van der Waals surface area contributed by atoms with Crippen molar-refractivity contribution < 1.29 is 22.0 Å². The van der Waals surface area contributed by atoms with Gasteiger partial charge in [-0.2, -0.15) is 0 Å². The predicted octanol–water partition coefficient (Wildman–Crippen LogP) is 1.48. The Balaban J connectivity index is 1.68. The van der Waals surface area contributed by atoms with Crippen LogP contribution in [0.25, 0.3) is 0 Å². The van der Waals surface area contributed by atoms with Crippen LogP contribution in [0.1, 0.15) is 26.2 Å². The lowest BCUT2D eigenvalue weighted by molar-refractivity contribution is -0.121. The molecule has 0 aromatic heterocycles. The van der Waals surface area contributed by atoms with Gasteiger partial charge in [0.25, 0.3) is 0 Å². The molecule has 2 N–H and O–H groups in total. The molecule has 6 nitrogen and oxygen atoms in total. The largest absolute Gasteiger partial charge is 0.355 e. The highest BCUT2D eigenvalue weighted by atomic mass is 32.2. The number of benzene rings is 1. The average molecular weight is 389 g/mol. The Kier molecular flexibility index (Phi) is 7.48. The number of amides is 1. The molecule has 0 atom stereocenters. The molecular formula is C17H25F2N3O3S. The van der Waals surface area contributed by atoms with E-state index in [4.69, 9.17) is 0 Å². The molecule has 0 saturated carbocycles. The molecule has 26 heavy (non-hydrogen) atoms. The van der Waals surface area contributed by atoms with Gasteiger partial charge in [-0.3, -0.25) is 4.79 Å². The van der Waals surface area contributed by atoms with E-state index >= 15 is 0 Å². The number of halogens is 2. The van der Waals surface area contributed by atoms with Gasteiger partial charge in [0.2, 0.25) is 15.9 Å². The van der Waals surface area contributed by atoms with Crippen LogP contribution in [0, 0.1) is 17.6 Å². The first-order valence-corrected chi connectivity index (χ1v) is 10.2. The molecule has 1 aliphatic rings. The van der Waals surface area contributed by atoms with Crippen molar-refractivity contribution >= 4 is 15.9 Å². The van der Waals surface area contributed by atoms with Crippen LogP contribution in [0.3, 0.4) is 0 Å². The monoisotopic (exact) mass is 389 g/mol. The highest BCUT2D eigenvalue weighted by Gasteiger charge is 2.17. The first-order valence-electron chi connectivity index (χ1n) is 8.71. The molecule has 1 aromatic carbocycles. The second-order valence-electron chi connectivity index (χ2n) is 6.60. The van der Waals surface area contributed by atoms with Gasteiger partial charge in [-0.05, 0) is 50.0 Å². The topological polar surface area (TPSA) is 78.5 Å². The minimum atomic E-state index is -3.98. The van der Waals surface area contributed by atoms with E-state index in [2.05, 4.69) is 21.9 Å². The molecule has 1 fully saturated rings. The molecule has 1 aromatic rings. The third-order valence-corrected chi connectivity index (χ3v) is 5.93. The van der Waals surface area contributed by atoms with Gasteiger partial charge in [-0.25, -0.2) is 21.9 Å². The zero-order chi connectivity index (χ0) is 19.2. The minimum Gasteiger partial charge on any atom is -0.355 e. The Morgan fingerprint density at radius 2 is 1.88 bits per heavy atom. The molecule has 0 bridgehead atoms. The van der Waals surface area contributed by atoms with Gasteiger partial charge in [0, 0.05) is 26.1 Å². The number of hydrogen-bond donors (Lipinski definition) is 2. The molecule has 1 saturated heterocycles. The Labute approximate surface area is 153 Å². The lowest BCUT2D eigenvalue weighted by Gasteiger charge is -2.30. The maximum atomic E-state index is 13.1. The fourth-order valence-electron chi connectivity index (χ4n) is 2.75. The lowest BCUT2D eigenvalue weighted by Crippen LogP contribution is -2.39. The second kappa shape index (κ2) is 9.38. The van der Waals surface area contributed by atoms with E-state index in [-0.39, 0.29) is 23.8 Å². The van der Waals surface area contributed by atoms with Crippen molar-refractivity contribution in [3.8, 4) is 0 Å². The van der Waals surface area contributed by atoms with E-state index in [0.717, 1.165) is 37.7 Å². The van der Waals surface area contributed by atoms with Gasteiger partial charge >= 0.3 is 0 Å². The van der Waals surface area contributed by atoms with Crippen molar-refractivity contribution in [1.29, 1.82) is 0 Å². The summed E-state index contributed by atoms with van der Waals surface area (Å²) in [7, 11) is -3.98. The number of rotatable bonds is 8. The summed E-state index contributed by atoms with van der Waals surface area (Å²) in [4.78, 5) is 13.7. The quantitative estimate of drug-likeness (QED) is 0.706. The third kappa shape index (κ3) is 6.30. The van der Waals surface area contributed by atoms with E-state index in [9.17, 15) is 22.0 Å². The summed E-state index contributed by atoms with van der Waals surface area (Å²) >= 11 is 0. The summed E-state index contributed by atoms with van der Waals surface area (Å²) in [6.45, 7) is 5.48. The summed E-state index contributed by atoms with van der Waals surface area (Å²) < 4.78 is 52.2. The maximum absolute atomic E-state index is 13.1. The van der Waals surface area contributed by atoms with E-state index in [1.807, 2.05) is 0 Å². The maximum Gasteiger partial charge on any atom is 0.240 e. The molecule has 0 unspecified atom stereocenters. The summed E-state index contributed by atoms with van der Waals surface area (Å²) in [5.74, 6) is -1.86. The van der Waals surface area contributed by atoms with E-state index < -0.39 is 21.7 Å². The molecule has 9 heteroatoms. The highest BCUT2D eigenvalue weighted by molar-refractivity contribution is 7.89. The molecule has 146 valence electrons.